The zero-order valence-corrected chi connectivity index (χ0v) is 40.3. The maximum absolute atomic E-state index is 5.25. The van der Waals surface area contributed by atoms with Crippen molar-refractivity contribution < 1.29 is 0 Å². The normalized spacial score (nSPS) is 13.6. The molecule has 2 spiro atoms. The first-order valence-corrected chi connectivity index (χ1v) is 25.5. The number of fused-ring (bicyclic) bond motifs is 16. The molecule has 0 N–H and O–H groups in total. The molecule has 344 valence electrons. The third-order valence-corrected chi connectivity index (χ3v) is 16.1. The molecule has 0 amide bonds. The Bertz CT molecular complexity index is 4090. The van der Waals surface area contributed by atoms with Crippen LogP contribution in [0, 0.1) is 0 Å². The van der Waals surface area contributed by atoms with Crippen LogP contribution in [0.3, 0.4) is 0 Å². The molecular formula is C71H45N3. The molecule has 0 aliphatic heterocycles. The van der Waals surface area contributed by atoms with Crippen LogP contribution < -0.4 is 0 Å². The van der Waals surface area contributed by atoms with Crippen molar-refractivity contribution >= 4 is 0 Å². The van der Waals surface area contributed by atoms with Gasteiger partial charge in [-0.1, -0.05) is 261 Å². The second-order valence-electron chi connectivity index (χ2n) is 19.8. The average Bonchev–Trinajstić information content (AvgIpc) is 3.97. The highest BCUT2D eigenvalue weighted by atomic mass is 15.0. The van der Waals surface area contributed by atoms with Gasteiger partial charge in [-0.25, -0.2) is 15.0 Å². The van der Waals surface area contributed by atoms with Crippen LogP contribution in [0.15, 0.2) is 273 Å². The highest BCUT2D eigenvalue weighted by Crippen LogP contribution is 2.67. The van der Waals surface area contributed by atoms with Crippen LogP contribution in [0.4, 0.5) is 0 Å². The van der Waals surface area contributed by atoms with E-state index in [0.29, 0.717) is 17.5 Å². The van der Waals surface area contributed by atoms with Crippen molar-refractivity contribution in [2.24, 2.45) is 0 Å². The molecule has 0 fully saturated rings. The van der Waals surface area contributed by atoms with E-state index in [-0.39, 0.29) is 0 Å². The number of rotatable bonds is 6. The molecule has 0 saturated heterocycles. The summed E-state index contributed by atoms with van der Waals surface area (Å²) in [5.74, 6) is 1.88. The zero-order valence-electron chi connectivity index (χ0n) is 40.3. The largest absolute Gasteiger partial charge is 0.208 e. The Balaban J connectivity index is 0.898. The first kappa shape index (κ1) is 42.1. The first-order chi connectivity index (χ1) is 36.7. The molecule has 0 radical (unpaired) electrons. The summed E-state index contributed by atoms with van der Waals surface area (Å²) in [4.78, 5) is 15.6. The fourth-order valence-electron chi connectivity index (χ4n) is 12.9. The predicted octanol–water partition coefficient (Wildman–Crippen LogP) is 16.9. The molecule has 1 aromatic heterocycles. The molecule has 1 heterocycles. The maximum Gasteiger partial charge on any atom is 0.164 e. The molecular weight excluding hydrogens is 895 g/mol. The van der Waals surface area contributed by atoms with Gasteiger partial charge in [0.1, 0.15) is 0 Å². The van der Waals surface area contributed by atoms with Gasteiger partial charge in [0.25, 0.3) is 0 Å². The van der Waals surface area contributed by atoms with Gasteiger partial charge in [-0.05, 0) is 112 Å². The van der Waals surface area contributed by atoms with Crippen molar-refractivity contribution in [3.8, 4) is 89.8 Å². The second kappa shape index (κ2) is 16.5. The fraction of sp³-hybridized carbons (Fsp3) is 0.0282. The van der Waals surface area contributed by atoms with Gasteiger partial charge in [-0.15, -0.1) is 0 Å². The van der Waals surface area contributed by atoms with Crippen molar-refractivity contribution in [2.75, 3.05) is 0 Å². The van der Waals surface area contributed by atoms with Gasteiger partial charge in [0.15, 0.2) is 17.5 Å². The minimum atomic E-state index is -0.584. The minimum absolute atomic E-state index is 0.544. The molecule has 12 aromatic rings. The van der Waals surface area contributed by atoms with E-state index in [1.807, 2.05) is 18.2 Å². The third kappa shape index (κ3) is 6.11. The highest BCUT2D eigenvalue weighted by molar-refractivity contribution is 5.94. The summed E-state index contributed by atoms with van der Waals surface area (Å²) in [6, 6.07) is 99.8. The summed E-state index contributed by atoms with van der Waals surface area (Å²) in [5.41, 5.74) is 24.3. The van der Waals surface area contributed by atoms with E-state index in [4.69, 9.17) is 15.0 Å². The van der Waals surface area contributed by atoms with Gasteiger partial charge in [0.05, 0.1) is 10.8 Å². The van der Waals surface area contributed by atoms with E-state index in [9.17, 15) is 0 Å². The molecule has 3 nitrogen and oxygen atoms in total. The molecule has 74 heavy (non-hydrogen) atoms. The van der Waals surface area contributed by atoms with Crippen LogP contribution >= 0.6 is 0 Å². The van der Waals surface area contributed by atoms with Gasteiger partial charge in [0.2, 0.25) is 0 Å². The smallest absolute Gasteiger partial charge is 0.164 e. The van der Waals surface area contributed by atoms with Crippen molar-refractivity contribution in [3.05, 3.63) is 317 Å². The summed E-state index contributed by atoms with van der Waals surface area (Å²) in [6.45, 7) is 0. The number of nitrogens with zero attached hydrogens (tertiary/aromatic N) is 3. The standard InChI is InChI=1S/C71H45N3/c1-3-18-46(19-4-1)47-34-36-48(37-35-47)49-38-40-51(41-39-49)68-72-67(50-20-5-2-6-21-50)73-69(74-68)54-23-17-22-52(44-54)53-42-43-65-66(45-53)71(61-30-13-9-26-57(61)58-27-10-14-31-62(58)71)64-33-16-15-32-63(64)70(65)59-28-11-7-24-55(59)56-25-8-12-29-60(56)70/h1-45H. The summed E-state index contributed by atoms with van der Waals surface area (Å²) < 4.78 is 0. The Morgan fingerprint density at radius 1 is 0.176 bits per heavy atom. The second-order valence-corrected chi connectivity index (χ2v) is 19.8. The Morgan fingerprint density at radius 3 is 0.932 bits per heavy atom. The molecule has 0 saturated carbocycles. The monoisotopic (exact) mass is 939 g/mol. The Morgan fingerprint density at radius 2 is 0.459 bits per heavy atom. The van der Waals surface area contributed by atoms with Gasteiger partial charge in [-0.3, -0.25) is 0 Å². The molecule has 3 heteroatoms. The van der Waals surface area contributed by atoms with E-state index in [1.54, 1.807) is 0 Å². The van der Waals surface area contributed by atoms with Crippen LogP contribution in [0.1, 0.15) is 44.5 Å². The van der Waals surface area contributed by atoms with Gasteiger partial charge in [0, 0.05) is 16.7 Å². The number of benzene rings is 11. The Kier molecular flexibility index (Phi) is 9.39. The number of hydrogen-bond donors (Lipinski definition) is 0. The number of aromatic nitrogens is 3. The molecule has 3 aliphatic carbocycles. The lowest BCUT2D eigenvalue weighted by atomic mass is 9.52. The summed E-state index contributed by atoms with van der Waals surface area (Å²) in [7, 11) is 0. The van der Waals surface area contributed by atoms with Crippen molar-refractivity contribution in [2.45, 2.75) is 10.8 Å². The van der Waals surface area contributed by atoms with Gasteiger partial charge < -0.3 is 0 Å². The predicted molar refractivity (Wildman–Crippen MR) is 301 cm³/mol. The van der Waals surface area contributed by atoms with E-state index in [0.717, 1.165) is 38.9 Å². The molecule has 0 unspecified atom stereocenters. The lowest BCUT2D eigenvalue weighted by molar-refractivity contribution is 0.633. The summed E-state index contributed by atoms with van der Waals surface area (Å²) >= 11 is 0. The lowest BCUT2D eigenvalue weighted by Crippen LogP contribution is -2.43. The van der Waals surface area contributed by atoms with E-state index in [1.165, 1.54) is 77.9 Å². The first-order valence-electron chi connectivity index (χ1n) is 25.5. The van der Waals surface area contributed by atoms with E-state index >= 15 is 0 Å². The summed E-state index contributed by atoms with van der Waals surface area (Å²) in [5, 5.41) is 0. The Hall–Kier alpha value is -9.57. The topological polar surface area (TPSA) is 38.7 Å². The molecule has 0 bridgehead atoms. The van der Waals surface area contributed by atoms with E-state index < -0.39 is 10.8 Å². The van der Waals surface area contributed by atoms with E-state index in [2.05, 4.69) is 255 Å². The molecule has 15 rings (SSSR count). The maximum atomic E-state index is 5.25. The van der Waals surface area contributed by atoms with Crippen LogP contribution in [0.25, 0.3) is 89.8 Å². The van der Waals surface area contributed by atoms with Crippen molar-refractivity contribution in [1.29, 1.82) is 0 Å². The number of hydrogen-bond acceptors (Lipinski definition) is 3. The SMILES string of the molecule is c1ccc(-c2ccc(-c3ccc(-c4nc(-c5ccccc5)nc(-c5cccc(-c6ccc7c(c6)C6(c8ccccc8-c8ccccc86)c6ccccc6C76c7ccccc7-c7ccccc76)c5)n4)cc3)cc2)cc1. The molecule has 0 atom stereocenters. The third-order valence-electron chi connectivity index (χ3n) is 16.1. The fourth-order valence-corrected chi connectivity index (χ4v) is 12.9. The van der Waals surface area contributed by atoms with Crippen LogP contribution in [0.5, 0.6) is 0 Å². The van der Waals surface area contributed by atoms with Crippen LogP contribution in [-0.4, -0.2) is 15.0 Å². The van der Waals surface area contributed by atoms with Crippen LogP contribution in [-0.2, 0) is 10.8 Å². The quantitative estimate of drug-likeness (QED) is 0.167. The van der Waals surface area contributed by atoms with Crippen molar-refractivity contribution in [3.63, 3.8) is 0 Å². The van der Waals surface area contributed by atoms with Gasteiger partial charge >= 0.3 is 0 Å². The average molecular weight is 940 g/mol. The minimum Gasteiger partial charge on any atom is -0.208 e. The summed E-state index contributed by atoms with van der Waals surface area (Å²) in [6.07, 6.45) is 0. The van der Waals surface area contributed by atoms with Gasteiger partial charge in [-0.2, -0.15) is 0 Å². The van der Waals surface area contributed by atoms with Crippen molar-refractivity contribution in [1.82, 2.24) is 15.0 Å². The Labute approximate surface area is 430 Å². The van der Waals surface area contributed by atoms with Crippen LogP contribution in [0.2, 0.25) is 0 Å². The zero-order chi connectivity index (χ0) is 48.8. The molecule has 3 aliphatic rings. The lowest BCUT2D eigenvalue weighted by Gasteiger charge is -2.49. The molecule has 11 aromatic carbocycles. The highest BCUT2D eigenvalue weighted by Gasteiger charge is 2.59.